The number of hydrogen-bond acceptors (Lipinski definition) is 3. The molecule has 0 bridgehead atoms. The van der Waals surface area contributed by atoms with Gasteiger partial charge in [0.15, 0.2) is 0 Å². The highest BCUT2D eigenvalue weighted by molar-refractivity contribution is 6.11. The lowest BCUT2D eigenvalue weighted by atomic mass is 10.1. The standard InChI is InChI=1S/C23H25N3O3/c1-2-12-24-21(27)17-8-5-7-16(14-17)15-26-19-10-4-3-9-18(19)22(28)25-13-6-11-20(25)23(26)29/h3-5,7-10,14,20H,2,6,11-13,15H2,1H3,(H,24,27)/t20-/m0/s1. The molecule has 2 aliphatic heterocycles. The highest BCUT2D eigenvalue weighted by Crippen LogP contribution is 2.33. The summed E-state index contributed by atoms with van der Waals surface area (Å²) in [5.74, 6) is -0.248. The van der Waals surface area contributed by atoms with Gasteiger partial charge < -0.3 is 15.1 Å². The lowest BCUT2D eigenvalue weighted by Crippen LogP contribution is -2.44. The maximum Gasteiger partial charge on any atom is 0.256 e. The SMILES string of the molecule is CCCNC(=O)c1cccc(CN2C(=O)[C@@H]3CCCN3C(=O)c3ccccc32)c1. The van der Waals surface area contributed by atoms with Crippen LogP contribution in [0, 0.1) is 0 Å². The van der Waals surface area contributed by atoms with Gasteiger partial charge >= 0.3 is 0 Å². The molecule has 2 aromatic rings. The first-order chi connectivity index (χ1) is 14.1. The summed E-state index contributed by atoms with van der Waals surface area (Å²) in [5.41, 5.74) is 2.63. The van der Waals surface area contributed by atoms with Crippen LogP contribution in [0.2, 0.25) is 0 Å². The minimum absolute atomic E-state index is 0.0540. The molecule has 0 aromatic heterocycles. The number of hydrogen-bond donors (Lipinski definition) is 1. The molecule has 1 N–H and O–H groups in total. The minimum Gasteiger partial charge on any atom is -0.352 e. The topological polar surface area (TPSA) is 69.7 Å². The van der Waals surface area contributed by atoms with Crippen LogP contribution in [0.1, 0.15) is 52.5 Å². The van der Waals surface area contributed by atoms with E-state index in [4.69, 9.17) is 0 Å². The van der Waals surface area contributed by atoms with Crippen LogP contribution in [0.4, 0.5) is 5.69 Å². The molecular formula is C23H25N3O3. The van der Waals surface area contributed by atoms with Crippen molar-refractivity contribution in [3.05, 3.63) is 65.2 Å². The van der Waals surface area contributed by atoms with Gasteiger partial charge in [0, 0.05) is 18.7 Å². The van der Waals surface area contributed by atoms with E-state index < -0.39 is 6.04 Å². The van der Waals surface area contributed by atoms with Crippen molar-refractivity contribution in [2.45, 2.75) is 38.8 Å². The van der Waals surface area contributed by atoms with E-state index in [0.717, 1.165) is 18.4 Å². The Morgan fingerprint density at radius 3 is 2.79 bits per heavy atom. The summed E-state index contributed by atoms with van der Waals surface area (Å²) in [6.45, 7) is 3.57. The lowest BCUT2D eigenvalue weighted by molar-refractivity contribution is -0.122. The highest BCUT2D eigenvalue weighted by Gasteiger charge is 2.41. The van der Waals surface area contributed by atoms with Crippen molar-refractivity contribution >= 4 is 23.4 Å². The maximum atomic E-state index is 13.4. The number of nitrogens with zero attached hydrogens (tertiary/aromatic N) is 2. The summed E-state index contributed by atoms with van der Waals surface area (Å²) in [5, 5.41) is 2.88. The van der Waals surface area contributed by atoms with Crippen molar-refractivity contribution in [2.75, 3.05) is 18.0 Å². The van der Waals surface area contributed by atoms with Gasteiger partial charge in [-0.3, -0.25) is 14.4 Å². The van der Waals surface area contributed by atoms with Crippen LogP contribution < -0.4 is 10.2 Å². The second-order valence-electron chi connectivity index (χ2n) is 7.55. The number of para-hydroxylation sites is 1. The molecule has 0 aliphatic carbocycles. The van der Waals surface area contributed by atoms with Crippen LogP contribution in [-0.4, -0.2) is 41.8 Å². The predicted octanol–water partition coefficient (Wildman–Crippen LogP) is 2.98. The molecule has 2 heterocycles. The summed E-state index contributed by atoms with van der Waals surface area (Å²) in [7, 11) is 0. The number of anilines is 1. The van der Waals surface area contributed by atoms with Gasteiger partial charge in [-0.15, -0.1) is 0 Å². The molecule has 6 heteroatoms. The Balaban J connectivity index is 1.67. The Hall–Kier alpha value is -3.15. The average molecular weight is 391 g/mol. The van der Waals surface area contributed by atoms with E-state index in [1.807, 2.05) is 43.3 Å². The Morgan fingerprint density at radius 1 is 1.14 bits per heavy atom. The largest absolute Gasteiger partial charge is 0.352 e. The van der Waals surface area contributed by atoms with Gasteiger partial charge in [0.05, 0.1) is 17.8 Å². The molecule has 2 aliphatic rings. The van der Waals surface area contributed by atoms with Crippen molar-refractivity contribution in [2.24, 2.45) is 0 Å². The maximum absolute atomic E-state index is 13.4. The van der Waals surface area contributed by atoms with Crippen molar-refractivity contribution in [3.63, 3.8) is 0 Å². The monoisotopic (exact) mass is 391 g/mol. The van der Waals surface area contributed by atoms with E-state index in [9.17, 15) is 14.4 Å². The molecule has 2 aromatic carbocycles. The Bertz CT molecular complexity index is 956. The number of amides is 3. The summed E-state index contributed by atoms with van der Waals surface area (Å²) >= 11 is 0. The van der Waals surface area contributed by atoms with Crippen molar-refractivity contribution < 1.29 is 14.4 Å². The van der Waals surface area contributed by atoms with E-state index in [2.05, 4.69) is 5.32 Å². The van der Waals surface area contributed by atoms with E-state index in [1.54, 1.807) is 21.9 Å². The van der Waals surface area contributed by atoms with Crippen LogP contribution >= 0.6 is 0 Å². The fraction of sp³-hybridized carbons (Fsp3) is 0.348. The minimum atomic E-state index is -0.411. The molecule has 150 valence electrons. The van der Waals surface area contributed by atoms with Gasteiger partial charge in [-0.1, -0.05) is 31.2 Å². The van der Waals surface area contributed by atoms with Gasteiger partial charge in [0.1, 0.15) is 6.04 Å². The molecular weight excluding hydrogens is 366 g/mol. The molecule has 0 saturated carbocycles. The second-order valence-corrected chi connectivity index (χ2v) is 7.55. The molecule has 0 radical (unpaired) electrons. The molecule has 0 spiro atoms. The van der Waals surface area contributed by atoms with Crippen molar-refractivity contribution in [3.8, 4) is 0 Å². The summed E-state index contributed by atoms with van der Waals surface area (Å²) < 4.78 is 0. The van der Waals surface area contributed by atoms with Gasteiger partial charge in [0.25, 0.3) is 11.8 Å². The first-order valence-corrected chi connectivity index (χ1v) is 10.2. The number of nitrogens with one attached hydrogen (secondary N) is 1. The second kappa shape index (κ2) is 8.07. The molecule has 1 atom stereocenters. The molecule has 6 nitrogen and oxygen atoms in total. The number of rotatable bonds is 5. The number of benzene rings is 2. The predicted molar refractivity (Wildman–Crippen MR) is 111 cm³/mol. The summed E-state index contributed by atoms with van der Waals surface area (Å²) in [6.07, 6.45) is 2.40. The third-order valence-corrected chi connectivity index (χ3v) is 5.56. The van der Waals surface area contributed by atoms with Gasteiger partial charge in [-0.25, -0.2) is 0 Å². The summed E-state index contributed by atoms with van der Waals surface area (Å²) in [4.78, 5) is 42.1. The number of carbonyl (C=O) groups excluding carboxylic acids is 3. The van der Waals surface area contributed by atoms with Crippen molar-refractivity contribution in [1.29, 1.82) is 0 Å². The Morgan fingerprint density at radius 2 is 1.97 bits per heavy atom. The third kappa shape index (κ3) is 3.62. The van der Waals surface area contributed by atoms with E-state index in [-0.39, 0.29) is 17.7 Å². The molecule has 0 unspecified atom stereocenters. The summed E-state index contributed by atoms with van der Waals surface area (Å²) in [6, 6.07) is 14.2. The third-order valence-electron chi connectivity index (χ3n) is 5.56. The molecule has 4 rings (SSSR count). The van der Waals surface area contributed by atoms with Crippen LogP contribution in [0.3, 0.4) is 0 Å². The lowest BCUT2D eigenvalue weighted by Gasteiger charge is -2.26. The van der Waals surface area contributed by atoms with Crippen LogP contribution in [-0.2, 0) is 11.3 Å². The quantitative estimate of drug-likeness (QED) is 0.852. The highest BCUT2D eigenvalue weighted by atomic mass is 16.2. The molecule has 1 saturated heterocycles. The van der Waals surface area contributed by atoms with Gasteiger partial charge in [-0.2, -0.15) is 0 Å². The fourth-order valence-electron chi connectivity index (χ4n) is 4.11. The first kappa shape index (κ1) is 19.2. The molecule has 3 amide bonds. The molecule has 1 fully saturated rings. The van der Waals surface area contributed by atoms with E-state index in [0.29, 0.717) is 42.9 Å². The van der Waals surface area contributed by atoms with E-state index in [1.165, 1.54) is 0 Å². The van der Waals surface area contributed by atoms with Crippen LogP contribution in [0.15, 0.2) is 48.5 Å². The Labute approximate surface area is 170 Å². The van der Waals surface area contributed by atoms with Crippen molar-refractivity contribution in [1.82, 2.24) is 10.2 Å². The van der Waals surface area contributed by atoms with Crippen LogP contribution in [0.25, 0.3) is 0 Å². The zero-order valence-corrected chi connectivity index (χ0v) is 16.6. The van der Waals surface area contributed by atoms with Gasteiger partial charge in [0.2, 0.25) is 5.91 Å². The number of fused-ring (bicyclic) bond motifs is 2. The average Bonchev–Trinajstić information content (AvgIpc) is 3.22. The number of carbonyl (C=O) groups is 3. The Kier molecular flexibility index (Phi) is 5.34. The van der Waals surface area contributed by atoms with Crippen LogP contribution in [0.5, 0.6) is 0 Å². The smallest absolute Gasteiger partial charge is 0.256 e. The first-order valence-electron chi connectivity index (χ1n) is 10.2. The zero-order chi connectivity index (χ0) is 20.4. The zero-order valence-electron chi connectivity index (χ0n) is 16.6. The fourth-order valence-corrected chi connectivity index (χ4v) is 4.11. The normalized spacial score (nSPS) is 18.3. The molecule has 29 heavy (non-hydrogen) atoms. The van der Waals surface area contributed by atoms with E-state index >= 15 is 0 Å². The van der Waals surface area contributed by atoms with Gasteiger partial charge in [-0.05, 0) is 49.1 Å².